The summed E-state index contributed by atoms with van der Waals surface area (Å²) in [6.07, 6.45) is 8.32. The Hall–Kier alpha value is -5.72. The minimum absolute atomic E-state index is 0.0803. The predicted molar refractivity (Wildman–Crippen MR) is 202 cm³/mol. The lowest BCUT2D eigenvalue weighted by molar-refractivity contribution is 0.661. The standard InChI is InChI=1S/C43H31N5S/c1-43(2)33-19-18-29(24-32(33)38-34(43)20-21-35-39(38)49-25-44-35)48-36-16-10-9-15-30(36)31-23-28(17-22-37(31)48)42-46-40(26-11-5-3-6-12-26)45-41(47-42)27-13-7-4-8-14-27/h3-7,9-13,15-25H,8,14H2,1-2H3. The van der Waals surface area contributed by atoms with Gasteiger partial charge in [-0.1, -0.05) is 92.7 Å². The first kappa shape index (κ1) is 28.3. The van der Waals surface area contributed by atoms with Gasteiger partial charge in [0.2, 0.25) is 0 Å². The summed E-state index contributed by atoms with van der Waals surface area (Å²) in [4.78, 5) is 19.7. The van der Waals surface area contributed by atoms with Gasteiger partial charge in [0.25, 0.3) is 0 Å². The Morgan fingerprint density at radius 3 is 2.33 bits per heavy atom. The van der Waals surface area contributed by atoms with Crippen LogP contribution < -0.4 is 0 Å². The van der Waals surface area contributed by atoms with Crippen molar-refractivity contribution in [3.8, 4) is 39.6 Å². The largest absolute Gasteiger partial charge is 0.309 e. The maximum atomic E-state index is 5.06. The summed E-state index contributed by atoms with van der Waals surface area (Å²) < 4.78 is 3.67. The average Bonchev–Trinajstić information content (AvgIpc) is 3.83. The second kappa shape index (κ2) is 10.6. The zero-order chi connectivity index (χ0) is 32.7. The van der Waals surface area contributed by atoms with Gasteiger partial charge in [-0.15, -0.1) is 11.3 Å². The first-order valence-corrected chi connectivity index (χ1v) is 17.7. The van der Waals surface area contributed by atoms with Gasteiger partial charge in [0, 0.05) is 38.6 Å². The molecule has 2 aliphatic carbocycles. The van der Waals surface area contributed by atoms with Gasteiger partial charge < -0.3 is 4.57 Å². The summed E-state index contributed by atoms with van der Waals surface area (Å²) in [5, 5.41) is 2.37. The molecule has 3 aromatic heterocycles. The lowest BCUT2D eigenvalue weighted by atomic mass is 9.82. The van der Waals surface area contributed by atoms with Crippen molar-refractivity contribution >= 4 is 48.9 Å². The van der Waals surface area contributed by atoms with Crippen LogP contribution in [-0.4, -0.2) is 24.5 Å². The van der Waals surface area contributed by atoms with Crippen molar-refractivity contribution in [2.45, 2.75) is 32.1 Å². The molecule has 0 bridgehead atoms. The Kier molecular flexibility index (Phi) is 6.15. The van der Waals surface area contributed by atoms with E-state index in [0.717, 1.165) is 52.1 Å². The van der Waals surface area contributed by atoms with Crippen LogP contribution in [0.15, 0.2) is 127 Å². The van der Waals surface area contributed by atoms with Crippen molar-refractivity contribution in [2.75, 3.05) is 0 Å². The number of rotatable bonds is 4. The zero-order valence-electron chi connectivity index (χ0n) is 27.2. The Labute approximate surface area is 288 Å². The SMILES string of the molecule is CC1(C)c2ccc(-n3c4ccccc4c4cc(-c5nc(C6=CC=CCC6)nc(-c6ccccc6)n5)ccc43)cc2-c2c1ccc1ncsc21. The summed E-state index contributed by atoms with van der Waals surface area (Å²) in [7, 11) is 0. The van der Waals surface area contributed by atoms with E-state index in [1.54, 1.807) is 11.3 Å². The number of thiazole rings is 1. The van der Waals surface area contributed by atoms with Crippen molar-refractivity contribution in [2.24, 2.45) is 0 Å². The number of fused-ring (bicyclic) bond motifs is 8. The molecule has 8 aromatic rings. The minimum Gasteiger partial charge on any atom is -0.309 e. The summed E-state index contributed by atoms with van der Waals surface area (Å²) in [5.41, 5.74) is 14.9. The van der Waals surface area contributed by atoms with E-state index in [2.05, 4.69) is 127 Å². The molecule has 5 nitrogen and oxygen atoms in total. The zero-order valence-corrected chi connectivity index (χ0v) is 28.0. The van der Waals surface area contributed by atoms with Crippen LogP contribution in [0.25, 0.3) is 77.2 Å². The van der Waals surface area contributed by atoms with Gasteiger partial charge >= 0.3 is 0 Å². The van der Waals surface area contributed by atoms with Crippen molar-refractivity contribution in [3.05, 3.63) is 144 Å². The normalized spacial score (nSPS) is 14.8. The van der Waals surface area contributed by atoms with Crippen LogP contribution in [0.4, 0.5) is 0 Å². The summed E-state index contributed by atoms with van der Waals surface area (Å²) in [6.45, 7) is 4.67. The monoisotopic (exact) mass is 649 g/mol. The minimum atomic E-state index is -0.0803. The molecule has 0 spiro atoms. The van der Waals surface area contributed by atoms with Crippen LogP contribution >= 0.6 is 11.3 Å². The predicted octanol–water partition coefficient (Wildman–Crippen LogP) is 11.0. The topological polar surface area (TPSA) is 56.5 Å². The van der Waals surface area contributed by atoms with Crippen LogP contribution in [0.3, 0.4) is 0 Å². The third kappa shape index (κ3) is 4.30. The number of hydrogen-bond acceptors (Lipinski definition) is 5. The first-order chi connectivity index (χ1) is 24.0. The van der Waals surface area contributed by atoms with E-state index in [0.29, 0.717) is 11.6 Å². The van der Waals surface area contributed by atoms with Crippen LogP contribution in [-0.2, 0) is 5.41 Å². The van der Waals surface area contributed by atoms with Crippen molar-refractivity contribution < 1.29 is 0 Å². The van der Waals surface area contributed by atoms with Crippen LogP contribution in [0.5, 0.6) is 0 Å². The van der Waals surface area contributed by atoms with Gasteiger partial charge in [-0.2, -0.15) is 0 Å². The highest BCUT2D eigenvalue weighted by atomic mass is 32.1. The molecule has 6 heteroatoms. The van der Waals surface area contributed by atoms with Gasteiger partial charge in [0.15, 0.2) is 17.5 Å². The van der Waals surface area contributed by atoms with Gasteiger partial charge in [0.05, 0.1) is 26.8 Å². The molecule has 0 amide bonds. The Bertz CT molecular complexity index is 2690. The van der Waals surface area contributed by atoms with E-state index in [-0.39, 0.29) is 5.41 Å². The molecule has 0 aliphatic heterocycles. The average molecular weight is 650 g/mol. The molecular formula is C43H31N5S. The number of allylic oxidation sites excluding steroid dienone is 4. The highest BCUT2D eigenvalue weighted by Gasteiger charge is 2.37. The Morgan fingerprint density at radius 2 is 1.47 bits per heavy atom. The molecule has 3 heterocycles. The Balaban J connectivity index is 1.17. The molecule has 0 atom stereocenters. The Morgan fingerprint density at radius 1 is 0.694 bits per heavy atom. The second-order valence-electron chi connectivity index (χ2n) is 13.5. The molecule has 49 heavy (non-hydrogen) atoms. The van der Waals surface area contributed by atoms with E-state index in [9.17, 15) is 0 Å². The third-order valence-electron chi connectivity index (χ3n) is 10.3. The fourth-order valence-corrected chi connectivity index (χ4v) is 8.68. The summed E-state index contributed by atoms with van der Waals surface area (Å²) in [6, 6.07) is 37.0. The van der Waals surface area contributed by atoms with E-state index >= 15 is 0 Å². The summed E-state index contributed by atoms with van der Waals surface area (Å²) >= 11 is 1.73. The lowest BCUT2D eigenvalue weighted by Gasteiger charge is -2.21. The molecule has 0 N–H and O–H groups in total. The molecule has 2 aliphatic rings. The van der Waals surface area contributed by atoms with Gasteiger partial charge in [-0.25, -0.2) is 19.9 Å². The van der Waals surface area contributed by atoms with E-state index in [1.807, 2.05) is 23.7 Å². The highest BCUT2D eigenvalue weighted by Crippen LogP contribution is 2.52. The fourth-order valence-electron chi connectivity index (χ4n) is 7.83. The molecule has 0 fully saturated rings. The molecule has 5 aromatic carbocycles. The van der Waals surface area contributed by atoms with E-state index in [1.165, 1.54) is 43.2 Å². The quantitative estimate of drug-likeness (QED) is 0.190. The van der Waals surface area contributed by atoms with E-state index < -0.39 is 0 Å². The summed E-state index contributed by atoms with van der Waals surface area (Å²) in [5.74, 6) is 2.12. The number of nitrogens with zero attached hydrogens (tertiary/aromatic N) is 5. The first-order valence-electron chi connectivity index (χ1n) is 16.8. The van der Waals surface area contributed by atoms with Crippen molar-refractivity contribution in [3.63, 3.8) is 0 Å². The van der Waals surface area contributed by atoms with E-state index in [4.69, 9.17) is 15.0 Å². The number of hydrogen-bond donors (Lipinski definition) is 0. The smallest absolute Gasteiger partial charge is 0.164 e. The number of aromatic nitrogens is 5. The molecule has 0 saturated carbocycles. The van der Waals surface area contributed by atoms with Crippen LogP contribution in [0.1, 0.15) is 43.6 Å². The molecular weight excluding hydrogens is 619 g/mol. The fraction of sp³-hybridized carbons (Fsp3) is 0.116. The van der Waals surface area contributed by atoms with Crippen LogP contribution in [0.2, 0.25) is 0 Å². The van der Waals surface area contributed by atoms with Gasteiger partial charge in [-0.05, 0) is 77.6 Å². The maximum absolute atomic E-state index is 5.06. The number of benzene rings is 5. The second-order valence-corrected chi connectivity index (χ2v) is 14.3. The van der Waals surface area contributed by atoms with Crippen molar-refractivity contribution in [1.29, 1.82) is 0 Å². The van der Waals surface area contributed by atoms with Gasteiger partial charge in [0.1, 0.15) is 0 Å². The molecule has 10 rings (SSSR count). The maximum Gasteiger partial charge on any atom is 0.164 e. The lowest BCUT2D eigenvalue weighted by Crippen LogP contribution is -2.14. The molecule has 234 valence electrons. The number of para-hydroxylation sites is 1. The molecule has 0 radical (unpaired) electrons. The van der Waals surface area contributed by atoms with Crippen LogP contribution in [0, 0.1) is 0 Å². The highest BCUT2D eigenvalue weighted by molar-refractivity contribution is 7.17. The molecule has 0 unspecified atom stereocenters. The molecule has 0 saturated heterocycles. The van der Waals surface area contributed by atoms with Crippen molar-refractivity contribution in [1.82, 2.24) is 24.5 Å². The van der Waals surface area contributed by atoms with Gasteiger partial charge in [-0.3, -0.25) is 0 Å². The third-order valence-corrected chi connectivity index (χ3v) is 11.1.